The maximum absolute atomic E-state index is 14.1. The van der Waals surface area contributed by atoms with Crippen LogP contribution in [0.5, 0.6) is 5.75 Å². The van der Waals surface area contributed by atoms with Crippen LogP contribution in [0, 0.1) is 0 Å². The monoisotopic (exact) mass is 585 g/mol. The topological polar surface area (TPSA) is 95.5 Å². The van der Waals surface area contributed by atoms with Crippen molar-refractivity contribution in [2.75, 3.05) is 44.4 Å². The Morgan fingerprint density at radius 1 is 1.02 bits per heavy atom. The summed E-state index contributed by atoms with van der Waals surface area (Å²) in [5, 5.41) is 0. The van der Waals surface area contributed by atoms with Crippen LogP contribution in [0.1, 0.15) is 36.8 Å². The molecular weight excluding hydrogens is 554 g/mol. The molecule has 0 spiro atoms. The van der Waals surface area contributed by atoms with Gasteiger partial charge in [0, 0.05) is 30.8 Å². The predicted molar refractivity (Wildman–Crippen MR) is 160 cm³/mol. The summed E-state index contributed by atoms with van der Waals surface area (Å²) in [5.41, 5.74) is 2.02. The van der Waals surface area contributed by atoms with Gasteiger partial charge in [-0.25, -0.2) is 9.79 Å². The number of carbonyl (C=O) groups excluding carboxylic acids is 1. The lowest BCUT2D eigenvalue weighted by Crippen LogP contribution is -2.40. The van der Waals surface area contributed by atoms with E-state index in [0.29, 0.717) is 51.9 Å². The van der Waals surface area contributed by atoms with E-state index in [1.807, 2.05) is 73.7 Å². The lowest BCUT2D eigenvalue weighted by molar-refractivity contribution is -0.138. The van der Waals surface area contributed by atoms with Crippen molar-refractivity contribution in [1.82, 2.24) is 4.57 Å². The molecule has 4 heterocycles. The van der Waals surface area contributed by atoms with Crippen molar-refractivity contribution >= 4 is 35.0 Å². The number of esters is 1. The zero-order valence-electron chi connectivity index (χ0n) is 23.4. The first kappa shape index (κ1) is 27.7. The zero-order valence-corrected chi connectivity index (χ0v) is 24.3. The van der Waals surface area contributed by atoms with Gasteiger partial charge in [0.2, 0.25) is 0 Å². The maximum atomic E-state index is 14.1. The molecule has 2 aromatic carbocycles. The van der Waals surface area contributed by atoms with Gasteiger partial charge in [0.05, 0.1) is 48.3 Å². The van der Waals surface area contributed by atoms with Gasteiger partial charge < -0.3 is 23.5 Å². The highest BCUT2D eigenvalue weighted by Crippen LogP contribution is 2.35. The highest BCUT2D eigenvalue weighted by Gasteiger charge is 2.35. The second-order valence-corrected chi connectivity index (χ2v) is 10.7. The van der Waals surface area contributed by atoms with Crippen molar-refractivity contribution in [2.45, 2.75) is 19.9 Å². The quantitative estimate of drug-likeness (QED) is 0.291. The molecule has 1 atom stereocenters. The SMILES string of the molecule is CCOC(=O)C1=C(c2ccccc2)N=c2s/c(=C\c3ccc(N4CCOCC4)o3)c(=O)n2[C@@H]1c1ccc(OCC)cc1. The fraction of sp³-hybridized carbons (Fsp3) is 0.281. The number of aromatic nitrogens is 1. The number of hydrogen-bond donors (Lipinski definition) is 0. The third-order valence-corrected chi connectivity index (χ3v) is 8.07. The molecule has 2 aromatic heterocycles. The zero-order chi connectivity index (χ0) is 29.1. The van der Waals surface area contributed by atoms with Crippen molar-refractivity contribution in [1.29, 1.82) is 0 Å². The molecule has 0 radical (unpaired) electrons. The average molecular weight is 586 g/mol. The Balaban J connectivity index is 1.53. The summed E-state index contributed by atoms with van der Waals surface area (Å²) in [4.78, 5) is 35.1. The van der Waals surface area contributed by atoms with Gasteiger partial charge in [0.1, 0.15) is 11.5 Å². The van der Waals surface area contributed by atoms with E-state index in [-0.39, 0.29) is 12.2 Å². The van der Waals surface area contributed by atoms with Gasteiger partial charge in [-0.2, -0.15) is 0 Å². The van der Waals surface area contributed by atoms with E-state index in [2.05, 4.69) is 4.90 Å². The van der Waals surface area contributed by atoms with Crippen LogP contribution in [0.3, 0.4) is 0 Å². The molecule has 10 heteroatoms. The van der Waals surface area contributed by atoms with E-state index >= 15 is 0 Å². The standard InChI is InChI=1S/C32H31N3O6S/c1-3-39-23-12-10-22(11-13-23)29-27(31(37)40-4-2)28(21-8-6-5-7-9-21)33-32-35(29)30(36)25(42-32)20-24-14-15-26(41-24)34-16-18-38-19-17-34/h5-15,20,29H,3-4,16-19H2,1-2H3/b25-20-/t29-/m1/s1. The van der Waals surface area contributed by atoms with Gasteiger partial charge in [-0.1, -0.05) is 53.8 Å². The minimum Gasteiger partial charge on any atom is -0.494 e. The molecule has 2 aliphatic rings. The third-order valence-electron chi connectivity index (χ3n) is 7.09. The average Bonchev–Trinajstić information content (AvgIpc) is 3.62. The first-order valence-electron chi connectivity index (χ1n) is 14.0. The van der Waals surface area contributed by atoms with Crippen LogP contribution in [0.2, 0.25) is 0 Å². The normalized spacial score (nSPS) is 17.1. The first-order chi connectivity index (χ1) is 20.6. The fourth-order valence-electron chi connectivity index (χ4n) is 5.17. The summed E-state index contributed by atoms with van der Waals surface area (Å²) < 4.78 is 24.7. The van der Waals surface area contributed by atoms with E-state index in [0.717, 1.165) is 30.1 Å². The molecule has 0 aliphatic carbocycles. The van der Waals surface area contributed by atoms with Crippen molar-refractivity contribution in [2.24, 2.45) is 4.99 Å². The summed E-state index contributed by atoms with van der Waals surface area (Å²) in [7, 11) is 0. The third kappa shape index (κ3) is 5.43. The van der Waals surface area contributed by atoms with Crippen LogP contribution in [-0.2, 0) is 14.3 Å². The molecule has 216 valence electrons. The minimum absolute atomic E-state index is 0.189. The summed E-state index contributed by atoms with van der Waals surface area (Å²) in [6.07, 6.45) is 1.74. The van der Waals surface area contributed by atoms with Gasteiger partial charge in [0.25, 0.3) is 5.56 Å². The van der Waals surface area contributed by atoms with Crippen molar-refractivity contribution in [3.8, 4) is 5.75 Å². The smallest absolute Gasteiger partial charge is 0.338 e. The number of anilines is 1. The molecular formula is C32H31N3O6S. The van der Waals surface area contributed by atoms with Gasteiger partial charge in [-0.3, -0.25) is 9.36 Å². The van der Waals surface area contributed by atoms with Gasteiger partial charge in [-0.05, 0) is 37.6 Å². The summed E-state index contributed by atoms with van der Waals surface area (Å²) in [5.74, 6) is 1.48. The highest BCUT2D eigenvalue weighted by molar-refractivity contribution is 7.07. The number of carbonyl (C=O) groups is 1. The first-order valence-corrected chi connectivity index (χ1v) is 14.8. The maximum Gasteiger partial charge on any atom is 0.338 e. The molecule has 1 saturated heterocycles. The number of morpholine rings is 1. The van der Waals surface area contributed by atoms with Crippen LogP contribution >= 0.6 is 11.3 Å². The van der Waals surface area contributed by atoms with Gasteiger partial charge in [0.15, 0.2) is 10.7 Å². The minimum atomic E-state index is -0.756. The molecule has 1 fully saturated rings. The largest absolute Gasteiger partial charge is 0.494 e. The summed E-state index contributed by atoms with van der Waals surface area (Å²) >= 11 is 1.26. The van der Waals surface area contributed by atoms with Gasteiger partial charge in [-0.15, -0.1) is 0 Å². The molecule has 2 aliphatic heterocycles. The summed E-state index contributed by atoms with van der Waals surface area (Å²) in [6.45, 7) is 7.18. The van der Waals surface area contributed by atoms with E-state index in [9.17, 15) is 9.59 Å². The van der Waals surface area contributed by atoms with Crippen LogP contribution < -0.4 is 24.5 Å². The lowest BCUT2D eigenvalue weighted by atomic mass is 9.93. The molecule has 0 saturated carbocycles. The van der Waals surface area contributed by atoms with Crippen molar-refractivity contribution < 1.29 is 23.4 Å². The number of thiazole rings is 1. The fourth-order valence-corrected chi connectivity index (χ4v) is 6.15. The highest BCUT2D eigenvalue weighted by atomic mass is 32.1. The molecule has 6 rings (SSSR count). The Hall–Kier alpha value is -4.41. The van der Waals surface area contributed by atoms with Crippen LogP contribution in [-0.4, -0.2) is 50.1 Å². The number of rotatable bonds is 8. The Kier molecular flexibility index (Phi) is 8.07. The Labute approximate surface area is 246 Å². The van der Waals surface area contributed by atoms with Crippen LogP contribution in [0.25, 0.3) is 11.8 Å². The Morgan fingerprint density at radius 2 is 1.79 bits per heavy atom. The molecule has 9 nitrogen and oxygen atoms in total. The molecule has 4 aromatic rings. The molecule has 0 unspecified atom stereocenters. The van der Waals surface area contributed by atoms with Crippen LogP contribution in [0.4, 0.5) is 5.88 Å². The second-order valence-electron chi connectivity index (χ2n) is 9.71. The van der Waals surface area contributed by atoms with E-state index in [1.54, 1.807) is 17.6 Å². The number of nitrogens with zero attached hydrogens (tertiary/aromatic N) is 3. The van der Waals surface area contributed by atoms with Gasteiger partial charge >= 0.3 is 5.97 Å². The van der Waals surface area contributed by atoms with E-state index in [4.69, 9.17) is 23.6 Å². The van der Waals surface area contributed by atoms with E-state index < -0.39 is 12.0 Å². The number of fused-ring (bicyclic) bond motifs is 1. The number of ether oxygens (including phenoxy) is 3. The molecule has 0 N–H and O–H groups in total. The predicted octanol–water partition coefficient (Wildman–Crippen LogP) is 3.76. The molecule has 42 heavy (non-hydrogen) atoms. The number of benzene rings is 2. The van der Waals surface area contributed by atoms with Crippen LogP contribution in [0.15, 0.2) is 86.5 Å². The summed E-state index contributed by atoms with van der Waals surface area (Å²) in [6, 6.07) is 19.9. The Bertz CT molecular complexity index is 1780. The van der Waals surface area contributed by atoms with E-state index in [1.165, 1.54) is 11.3 Å². The lowest BCUT2D eigenvalue weighted by Gasteiger charge is -2.26. The Morgan fingerprint density at radius 3 is 2.50 bits per heavy atom. The number of hydrogen-bond acceptors (Lipinski definition) is 9. The van der Waals surface area contributed by atoms with Crippen molar-refractivity contribution in [3.05, 3.63) is 109 Å². The molecule has 0 amide bonds. The second kappa shape index (κ2) is 12.2. The molecule has 0 bridgehead atoms. The number of furan rings is 1. The van der Waals surface area contributed by atoms with Crippen molar-refractivity contribution in [3.63, 3.8) is 0 Å².